The SMILES string of the molecule is CC(C)(C)OC(=O)N1CC(=O)c2c(Cl)cccc2C1. The topological polar surface area (TPSA) is 46.6 Å². The Morgan fingerprint density at radius 2 is 2.00 bits per heavy atom. The minimum Gasteiger partial charge on any atom is -0.444 e. The van der Waals surface area contributed by atoms with E-state index in [0.717, 1.165) is 5.56 Å². The molecule has 4 nitrogen and oxygen atoms in total. The number of hydrogen-bond acceptors (Lipinski definition) is 3. The fraction of sp³-hybridized carbons (Fsp3) is 0.429. The Morgan fingerprint density at radius 3 is 2.63 bits per heavy atom. The summed E-state index contributed by atoms with van der Waals surface area (Å²) in [6.45, 7) is 5.73. The second-order valence-corrected chi connectivity index (χ2v) is 5.94. The number of nitrogens with zero attached hydrogens (tertiary/aromatic N) is 1. The van der Waals surface area contributed by atoms with Gasteiger partial charge in [-0.1, -0.05) is 23.7 Å². The summed E-state index contributed by atoms with van der Waals surface area (Å²) in [6.07, 6.45) is -0.480. The maximum Gasteiger partial charge on any atom is 0.411 e. The van der Waals surface area contributed by atoms with Crippen LogP contribution < -0.4 is 0 Å². The van der Waals surface area contributed by atoms with Gasteiger partial charge in [-0.15, -0.1) is 0 Å². The molecule has 1 aromatic rings. The lowest BCUT2D eigenvalue weighted by molar-refractivity contribution is 0.0220. The fourth-order valence-electron chi connectivity index (χ4n) is 1.98. The van der Waals surface area contributed by atoms with Gasteiger partial charge in [-0.3, -0.25) is 9.69 Å². The Kier molecular flexibility index (Phi) is 3.54. The van der Waals surface area contributed by atoms with Crippen molar-refractivity contribution in [3.8, 4) is 0 Å². The first-order valence-corrected chi connectivity index (χ1v) is 6.44. The molecule has 0 N–H and O–H groups in total. The van der Waals surface area contributed by atoms with Gasteiger partial charge in [0.1, 0.15) is 5.60 Å². The van der Waals surface area contributed by atoms with Gasteiger partial charge >= 0.3 is 6.09 Å². The Balaban J connectivity index is 2.22. The van der Waals surface area contributed by atoms with Gasteiger partial charge < -0.3 is 4.74 Å². The highest BCUT2D eigenvalue weighted by molar-refractivity contribution is 6.34. The van der Waals surface area contributed by atoms with Gasteiger partial charge in [0.25, 0.3) is 0 Å². The summed E-state index contributed by atoms with van der Waals surface area (Å²) >= 11 is 6.02. The summed E-state index contributed by atoms with van der Waals surface area (Å²) in [5.41, 5.74) is 0.702. The maximum absolute atomic E-state index is 12.1. The zero-order chi connectivity index (χ0) is 14.2. The van der Waals surface area contributed by atoms with E-state index >= 15 is 0 Å². The molecule has 0 aromatic heterocycles. The molecule has 102 valence electrons. The highest BCUT2D eigenvalue weighted by Gasteiger charge is 2.30. The molecule has 1 aliphatic heterocycles. The molecule has 0 spiro atoms. The van der Waals surface area contributed by atoms with Gasteiger partial charge in [-0.05, 0) is 32.4 Å². The molecule has 0 saturated carbocycles. The van der Waals surface area contributed by atoms with E-state index in [1.807, 2.05) is 0 Å². The van der Waals surface area contributed by atoms with Crippen molar-refractivity contribution in [2.75, 3.05) is 6.54 Å². The number of ether oxygens (including phenoxy) is 1. The van der Waals surface area contributed by atoms with Crippen LogP contribution in [0, 0.1) is 0 Å². The molecule has 19 heavy (non-hydrogen) atoms. The van der Waals surface area contributed by atoms with Crippen molar-refractivity contribution in [2.45, 2.75) is 32.9 Å². The molecular weight excluding hydrogens is 266 g/mol. The van der Waals surface area contributed by atoms with Crippen molar-refractivity contribution in [3.63, 3.8) is 0 Å². The normalized spacial score (nSPS) is 15.2. The first-order valence-electron chi connectivity index (χ1n) is 6.06. The van der Waals surface area contributed by atoms with E-state index in [-0.39, 0.29) is 12.3 Å². The number of carbonyl (C=O) groups is 2. The lowest BCUT2D eigenvalue weighted by Gasteiger charge is -2.30. The molecule has 1 aliphatic rings. The Bertz CT molecular complexity index is 534. The second kappa shape index (κ2) is 4.85. The number of amides is 1. The highest BCUT2D eigenvalue weighted by Crippen LogP contribution is 2.26. The third kappa shape index (κ3) is 3.07. The average molecular weight is 282 g/mol. The summed E-state index contributed by atoms with van der Waals surface area (Å²) in [5, 5.41) is 0.436. The predicted molar refractivity (Wildman–Crippen MR) is 72.4 cm³/mol. The van der Waals surface area contributed by atoms with Crippen LogP contribution >= 0.6 is 11.6 Å². The molecule has 1 heterocycles. The van der Waals surface area contributed by atoms with Crippen LogP contribution in [0.1, 0.15) is 36.7 Å². The molecule has 1 aromatic carbocycles. The van der Waals surface area contributed by atoms with Crippen molar-refractivity contribution < 1.29 is 14.3 Å². The van der Waals surface area contributed by atoms with Crippen molar-refractivity contribution in [1.29, 1.82) is 0 Å². The molecule has 0 unspecified atom stereocenters. The summed E-state index contributed by atoms with van der Waals surface area (Å²) in [7, 11) is 0. The molecule has 5 heteroatoms. The summed E-state index contributed by atoms with van der Waals surface area (Å²) in [4.78, 5) is 25.4. The molecule has 0 radical (unpaired) electrons. The van der Waals surface area contributed by atoms with E-state index in [9.17, 15) is 9.59 Å². The quantitative estimate of drug-likeness (QED) is 0.733. The number of rotatable bonds is 0. The molecule has 0 atom stereocenters. The van der Waals surface area contributed by atoms with Crippen LogP contribution in [0.5, 0.6) is 0 Å². The molecule has 0 aliphatic carbocycles. The largest absolute Gasteiger partial charge is 0.444 e. The third-order valence-electron chi connectivity index (χ3n) is 2.73. The van der Waals surface area contributed by atoms with Gasteiger partial charge in [-0.25, -0.2) is 4.79 Å². The first-order chi connectivity index (χ1) is 8.78. The van der Waals surface area contributed by atoms with Crippen LogP contribution in [-0.4, -0.2) is 28.9 Å². The van der Waals surface area contributed by atoms with Crippen molar-refractivity contribution in [3.05, 3.63) is 34.3 Å². The molecule has 0 fully saturated rings. The summed E-state index contributed by atoms with van der Waals surface area (Å²) in [5.74, 6) is -0.155. The molecule has 1 amide bonds. The minimum atomic E-state index is -0.575. The van der Waals surface area contributed by atoms with Crippen molar-refractivity contribution in [1.82, 2.24) is 4.90 Å². The zero-order valence-corrected chi connectivity index (χ0v) is 12.0. The first kappa shape index (κ1) is 13.9. The van der Waals surface area contributed by atoms with E-state index in [1.165, 1.54) is 4.90 Å². The van der Waals surface area contributed by atoms with E-state index < -0.39 is 11.7 Å². The Hall–Kier alpha value is -1.55. The van der Waals surface area contributed by atoms with E-state index in [1.54, 1.807) is 39.0 Å². The lowest BCUT2D eigenvalue weighted by Crippen LogP contribution is -2.42. The van der Waals surface area contributed by atoms with E-state index in [4.69, 9.17) is 16.3 Å². The number of ketones is 1. The van der Waals surface area contributed by atoms with Crippen LogP contribution in [0.2, 0.25) is 5.02 Å². The average Bonchev–Trinajstić information content (AvgIpc) is 2.26. The van der Waals surface area contributed by atoms with Crippen molar-refractivity contribution >= 4 is 23.5 Å². The monoisotopic (exact) mass is 281 g/mol. The van der Waals surface area contributed by atoms with Crippen LogP contribution in [0.4, 0.5) is 4.79 Å². The fourth-order valence-corrected chi connectivity index (χ4v) is 2.28. The molecule has 0 bridgehead atoms. The van der Waals surface area contributed by atoms with Gasteiger partial charge in [0, 0.05) is 5.56 Å². The number of Topliss-reactive ketones (excluding diaryl/α,β-unsaturated/α-hetero) is 1. The van der Waals surface area contributed by atoms with Gasteiger partial charge in [0.05, 0.1) is 18.1 Å². The molecule has 0 saturated heterocycles. The molecule has 2 rings (SSSR count). The molecular formula is C14H16ClNO3. The smallest absolute Gasteiger partial charge is 0.411 e. The summed E-state index contributed by atoms with van der Waals surface area (Å²) in [6, 6.07) is 5.25. The minimum absolute atomic E-state index is 0.00560. The number of hydrogen-bond donors (Lipinski definition) is 0. The Labute approximate surface area is 117 Å². The van der Waals surface area contributed by atoms with Crippen LogP contribution in [0.25, 0.3) is 0 Å². The predicted octanol–water partition coefficient (Wildman–Crippen LogP) is 3.27. The van der Waals surface area contributed by atoms with E-state index in [2.05, 4.69) is 0 Å². The van der Waals surface area contributed by atoms with Gasteiger partial charge in [0.2, 0.25) is 0 Å². The number of halogens is 1. The van der Waals surface area contributed by atoms with Gasteiger partial charge in [0.15, 0.2) is 5.78 Å². The van der Waals surface area contributed by atoms with E-state index in [0.29, 0.717) is 17.1 Å². The van der Waals surface area contributed by atoms with Crippen LogP contribution in [-0.2, 0) is 11.3 Å². The second-order valence-electron chi connectivity index (χ2n) is 5.53. The van der Waals surface area contributed by atoms with Crippen LogP contribution in [0.3, 0.4) is 0 Å². The third-order valence-corrected chi connectivity index (χ3v) is 3.04. The van der Waals surface area contributed by atoms with Gasteiger partial charge in [-0.2, -0.15) is 0 Å². The Morgan fingerprint density at radius 1 is 1.32 bits per heavy atom. The summed E-state index contributed by atoms with van der Waals surface area (Å²) < 4.78 is 5.27. The standard InChI is InChI=1S/C14H16ClNO3/c1-14(2,3)19-13(18)16-7-9-5-4-6-10(15)12(9)11(17)8-16/h4-6H,7-8H2,1-3H3. The van der Waals surface area contributed by atoms with Crippen LogP contribution in [0.15, 0.2) is 18.2 Å². The zero-order valence-electron chi connectivity index (χ0n) is 11.2. The van der Waals surface area contributed by atoms with Crippen molar-refractivity contribution in [2.24, 2.45) is 0 Å². The lowest BCUT2D eigenvalue weighted by atomic mass is 9.99. The number of fused-ring (bicyclic) bond motifs is 1. The maximum atomic E-state index is 12.1. The number of carbonyl (C=O) groups excluding carboxylic acids is 2. The highest BCUT2D eigenvalue weighted by atomic mass is 35.5. The number of benzene rings is 1.